The minimum absolute atomic E-state index is 0.438. The van der Waals surface area contributed by atoms with E-state index in [-0.39, 0.29) is 0 Å². The average Bonchev–Trinajstić information content (AvgIpc) is 3.12. The number of aliphatic imine (C=N–C) groups is 1. The highest BCUT2D eigenvalue weighted by molar-refractivity contribution is 5.79. The summed E-state index contributed by atoms with van der Waals surface area (Å²) >= 11 is 0. The van der Waals surface area contributed by atoms with E-state index in [1.165, 1.54) is 50.4 Å². The van der Waals surface area contributed by atoms with Crippen molar-refractivity contribution in [3.8, 4) is 5.69 Å². The van der Waals surface area contributed by atoms with Gasteiger partial charge in [0, 0.05) is 20.1 Å². The Morgan fingerprint density at radius 2 is 1.93 bits per heavy atom. The molecule has 27 heavy (non-hydrogen) atoms. The topological polar surface area (TPSA) is 76.4 Å². The summed E-state index contributed by atoms with van der Waals surface area (Å²) in [5.41, 5.74) is 2.17. The molecule has 1 aliphatic rings. The second kappa shape index (κ2) is 10.7. The molecule has 0 amide bonds. The molecule has 0 bridgehead atoms. The summed E-state index contributed by atoms with van der Waals surface area (Å²) < 4.78 is 7.75. The quantitative estimate of drug-likeness (QED) is 0.339. The third kappa shape index (κ3) is 6.36. The van der Waals surface area contributed by atoms with Crippen LogP contribution in [0.3, 0.4) is 0 Å². The molecule has 0 spiro atoms. The fraction of sp³-hybridized carbons (Fsp3) is 0.550. The Hall–Kier alpha value is -2.41. The van der Waals surface area contributed by atoms with Crippen molar-refractivity contribution < 1.29 is 4.74 Å². The second-order valence-electron chi connectivity index (χ2n) is 6.84. The van der Waals surface area contributed by atoms with Gasteiger partial charge in [0.15, 0.2) is 5.96 Å². The first-order valence-electron chi connectivity index (χ1n) is 9.85. The minimum atomic E-state index is 0.438. The fourth-order valence-corrected chi connectivity index (χ4v) is 3.32. The molecule has 0 radical (unpaired) electrons. The van der Waals surface area contributed by atoms with Gasteiger partial charge in [-0.15, -0.1) is 0 Å². The minimum Gasteiger partial charge on any atom is -0.376 e. The number of nitrogens with zero attached hydrogens (tertiary/aromatic N) is 4. The molecule has 0 unspecified atom stereocenters. The van der Waals surface area contributed by atoms with E-state index in [2.05, 4.69) is 37.8 Å². The number of aromatic nitrogens is 3. The van der Waals surface area contributed by atoms with Crippen LogP contribution in [0.4, 0.5) is 0 Å². The van der Waals surface area contributed by atoms with Gasteiger partial charge in [0.25, 0.3) is 0 Å². The number of guanidine groups is 1. The van der Waals surface area contributed by atoms with Crippen molar-refractivity contribution >= 4 is 5.96 Å². The monoisotopic (exact) mass is 370 g/mol. The highest BCUT2D eigenvalue weighted by atomic mass is 16.5. The molecule has 3 rings (SSSR count). The highest BCUT2D eigenvalue weighted by Gasteiger charge is 2.12. The lowest BCUT2D eigenvalue weighted by Gasteiger charge is -2.17. The molecule has 1 aromatic carbocycles. The van der Waals surface area contributed by atoms with Gasteiger partial charge in [-0.2, -0.15) is 5.10 Å². The molecule has 2 N–H and O–H groups in total. The van der Waals surface area contributed by atoms with Gasteiger partial charge in [-0.25, -0.2) is 9.67 Å². The van der Waals surface area contributed by atoms with Crippen molar-refractivity contribution in [2.45, 2.75) is 51.2 Å². The summed E-state index contributed by atoms with van der Waals surface area (Å²) in [5.74, 6) is 0.791. The standard InChI is InChI=1S/C20H30N6O/c1-21-20(23-12-13-27-19-6-4-2-3-5-7-19)24-14-17-8-10-18(11-9-17)26-16-22-15-25-26/h8-11,15-16,19H,2-7,12-14H2,1H3,(H2,21,23,24). The van der Waals surface area contributed by atoms with E-state index < -0.39 is 0 Å². The molecular weight excluding hydrogens is 340 g/mol. The van der Waals surface area contributed by atoms with Gasteiger partial charge in [-0.05, 0) is 30.5 Å². The van der Waals surface area contributed by atoms with Crippen LogP contribution in [0.15, 0.2) is 41.9 Å². The van der Waals surface area contributed by atoms with E-state index in [1.54, 1.807) is 18.1 Å². The van der Waals surface area contributed by atoms with Gasteiger partial charge in [0.2, 0.25) is 0 Å². The molecular formula is C20H30N6O. The van der Waals surface area contributed by atoms with E-state index in [0.717, 1.165) is 24.8 Å². The van der Waals surface area contributed by atoms with Crippen molar-refractivity contribution in [2.24, 2.45) is 4.99 Å². The Labute approximate surface area is 161 Å². The van der Waals surface area contributed by atoms with Crippen LogP contribution in [0.5, 0.6) is 0 Å². The molecule has 1 fully saturated rings. The van der Waals surface area contributed by atoms with Gasteiger partial charge < -0.3 is 15.4 Å². The molecule has 7 heteroatoms. The van der Waals surface area contributed by atoms with E-state index >= 15 is 0 Å². The lowest BCUT2D eigenvalue weighted by atomic mass is 10.1. The van der Waals surface area contributed by atoms with Crippen LogP contribution >= 0.6 is 0 Å². The average molecular weight is 371 g/mol. The molecule has 0 atom stereocenters. The lowest BCUT2D eigenvalue weighted by molar-refractivity contribution is 0.0468. The third-order valence-corrected chi connectivity index (χ3v) is 4.85. The van der Waals surface area contributed by atoms with Crippen LogP contribution in [-0.2, 0) is 11.3 Å². The van der Waals surface area contributed by atoms with E-state index in [1.807, 2.05) is 12.1 Å². The van der Waals surface area contributed by atoms with E-state index in [4.69, 9.17) is 4.74 Å². The van der Waals surface area contributed by atoms with Gasteiger partial charge in [0.1, 0.15) is 12.7 Å². The normalized spacial score (nSPS) is 16.1. The van der Waals surface area contributed by atoms with E-state index in [9.17, 15) is 0 Å². The molecule has 0 aliphatic heterocycles. The maximum Gasteiger partial charge on any atom is 0.191 e. The van der Waals surface area contributed by atoms with Gasteiger partial charge in [-0.1, -0.05) is 37.8 Å². The summed E-state index contributed by atoms with van der Waals surface area (Å²) in [6, 6.07) is 8.21. The van der Waals surface area contributed by atoms with Crippen LogP contribution < -0.4 is 10.6 Å². The second-order valence-corrected chi connectivity index (χ2v) is 6.84. The first kappa shape index (κ1) is 19.4. The van der Waals surface area contributed by atoms with Crippen molar-refractivity contribution in [1.82, 2.24) is 25.4 Å². The predicted molar refractivity (Wildman–Crippen MR) is 107 cm³/mol. The molecule has 146 valence electrons. The van der Waals surface area contributed by atoms with Crippen molar-refractivity contribution in [1.29, 1.82) is 0 Å². The fourth-order valence-electron chi connectivity index (χ4n) is 3.32. The van der Waals surface area contributed by atoms with Crippen LogP contribution in [0.1, 0.15) is 44.1 Å². The Bertz CT molecular complexity index is 675. The van der Waals surface area contributed by atoms with E-state index in [0.29, 0.717) is 12.6 Å². The molecule has 1 aromatic heterocycles. The van der Waals surface area contributed by atoms with Gasteiger partial charge in [0.05, 0.1) is 18.4 Å². The van der Waals surface area contributed by atoms with Crippen molar-refractivity contribution in [3.05, 3.63) is 42.5 Å². The maximum atomic E-state index is 6.01. The van der Waals surface area contributed by atoms with Crippen molar-refractivity contribution in [3.63, 3.8) is 0 Å². The zero-order chi connectivity index (χ0) is 18.7. The zero-order valence-corrected chi connectivity index (χ0v) is 16.1. The summed E-state index contributed by atoms with van der Waals surface area (Å²) in [4.78, 5) is 8.24. The number of hydrogen-bond acceptors (Lipinski definition) is 4. The molecule has 2 aromatic rings. The zero-order valence-electron chi connectivity index (χ0n) is 16.1. The van der Waals surface area contributed by atoms with Crippen molar-refractivity contribution in [2.75, 3.05) is 20.2 Å². The highest BCUT2D eigenvalue weighted by Crippen LogP contribution is 2.19. The van der Waals surface area contributed by atoms with Crippen LogP contribution in [-0.4, -0.2) is 47.0 Å². The molecule has 1 aliphatic carbocycles. The largest absolute Gasteiger partial charge is 0.376 e. The third-order valence-electron chi connectivity index (χ3n) is 4.85. The lowest BCUT2D eigenvalue weighted by Crippen LogP contribution is -2.38. The number of hydrogen-bond donors (Lipinski definition) is 2. The summed E-state index contributed by atoms with van der Waals surface area (Å²) in [6.45, 7) is 2.19. The number of ether oxygens (including phenoxy) is 1. The predicted octanol–water partition coefficient (Wildman–Crippen LogP) is 2.67. The summed E-state index contributed by atoms with van der Waals surface area (Å²) in [5, 5.41) is 10.8. The van der Waals surface area contributed by atoms with Gasteiger partial charge >= 0.3 is 0 Å². The molecule has 7 nitrogen and oxygen atoms in total. The first-order valence-corrected chi connectivity index (χ1v) is 9.85. The Morgan fingerprint density at radius 1 is 1.15 bits per heavy atom. The smallest absolute Gasteiger partial charge is 0.191 e. The first-order chi connectivity index (χ1) is 13.3. The maximum absolute atomic E-state index is 6.01. The molecule has 1 heterocycles. The summed E-state index contributed by atoms with van der Waals surface area (Å²) in [7, 11) is 1.79. The Morgan fingerprint density at radius 3 is 2.59 bits per heavy atom. The van der Waals surface area contributed by atoms with Gasteiger partial charge in [-0.3, -0.25) is 4.99 Å². The summed E-state index contributed by atoms with van der Waals surface area (Å²) in [6.07, 6.45) is 11.4. The number of nitrogens with one attached hydrogen (secondary N) is 2. The Kier molecular flexibility index (Phi) is 7.65. The molecule has 1 saturated carbocycles. The Balaban J connectivity index is 1.36. The van der Waals surface area contributed by atoms with Crippen LogP contribution in [0.2, 0.25) is 0 Å². The van der Waals surface area contributed by atoms with Crippen LogP contribution in [0, 0.1) is 0 Å². The molecule has 0 saturated heterocycles. The number of benzene rings is 1. The SMILES string of the molecule is CN=C(NCCOC1CCCCCC1)NCc1ccc(-n2cncn2)cc1. The van der Waals surface area contributed by atoms with Crippen LogP contribution in [0.25, 0.3) is 5.69 Å². The number of rotatable bonds is 7.